The second kappa shape index (κ2) is 6.85. The predicted octanol–water partition coefficient (Wildman–Crippen LogP) is 4.48. The Balaban J connectivity index is 2.63. The molecule has 1 nitrogen and oxygen atoms in total. The molecule has 0 fully saturated rings. The number of hydrogen-bond acceptors (Lipinski definition) is 1. The van der Waals surface area contributed by atoms with E-state index in [0.29, 0.717) is 0 Å². The smallest absolute Gasteiger partial charge is 0.0639 e. The van der Waals surface area contributed by atoms with Crippen molar-refractivity contribution in [3.63, 3.8) is 0 Å². The van der Waals surface area contributed by atoms with Crippen LogP contribution >= 0.6 is 0 Å². The highest BCUT2D eigenvalue weighted by atomic mass is 14.7. The van der Waals surface area contributed by atoms with Crippen LogP contribution in [0.1, 0.15) is 31.4 Å². The molecule has 0 aliphatic rings. The summed E-state index contributed by atoms with van der Waals surface area (Å²) >= 11 is 0. The van der Waals surface area contributed by atoms with E-state index in [4.69, 9.17) is 0 Å². The second-order valence-corrected chi connectivity index (χ2v) is 4.30. The van der Waals surface area contributed by atoms with E-state index in [2.05, 4.69) is 55.8 Å². The molecule has 0 spiro atoms. The van der Waals surface area contributed by atoms with Gasteiger partial charge in [0.25, 0.3) is 0 Å². The maximum absolute atomic E-state index is 4.46. The Kier molecular flexibility index (Phi) is 5.41. The number of hydrogen-bond donors (Lipinski definition) is 0. The molecule has 0 aliphatic heterocycles. The Labute approximate surface area is 105 Å². The standard InChI is InChI=1S/C16H21N/c1-5-6-16(13(2)3)12-17-11-15-9-7-14(4)8-10-15/h6-10,12H,2,5,11H2,1,3-4H3/b16-6+,17-12-. The molecule has 1 aromatic rings. The maximum Gasteiger partial charge on any atom is 0.0639 e. The highest BCUT2D eigenvalue weighted by Gasteiger charge is 1.93. The van der Waals surface area contributed by atoms with Crippen LogP contribution in [-0.4, -0.2) is 6.21 Å². The highest BCUT2D eigenvalue weighted by Crippen LogP contribution is 2.07. The number of benzene rings is 1. The Morgan fingerprint density at radius 2 is 1.94 bits per heavy atom. The van der Waals surface area contributed by atoms with Gasteiger partial charge < -0.3 is 0 Å². The SMILES string of the molecule is C=C(C)C(/C=N\Cc1ccc(C)cc1)=C/CC. The van der Waals surface area contributed by atoms with Crippen LogP contribution in [0, 0.1) is 6.92 Å². The van der Waals surface area contributed by atoms with E-state index in [0.717, 1.165) is 24.1 Å². The Hall–Kier alpha value is -1.63. The molecule has 1 heteroatoms. The highest BCUT2D eigenvalue weighted by molar-refractivity contribution is 5.83. The summed E-state index contributed by atoms with van der Waals surface area (Å²) in [6.07, 6.45) is 5.09. The first-order chi connectivity index (χ1) is 8.13. The van der Waals surface area contributed by atoms with E-state index in [9.17, 15) is 0 Å². The molecular weight excluding hydrogens is 206 g/mol. The number of aryl methyl sites for hydroxylation is 1. The van der Waals surface area contributed by atoms with Crippen molar-refractivity contribution >= 4 is 6.21 Å². The van der Waals surface area contributed by atoms with Gasteiger partial charge in [-0.1, -0.05) is 49.4 Å². The normalized spacial score (nSPS) is 12.1. The van der Waals surface area contributed by atoms with Crippen molar-refractivity contribution in [3.05, 3.63) is 59.2 Å². The minimum Gasteiger partial charge on any atom is -0.288 e. The molecule has 1 rings (SSSR count). The van der Waals surface area contributed by atoms with Crippen LogP contribution in [0.4, 0.5) is 0 Å². The van der Waals surface area contributed by atoms with Gasteiger partial charge in [-0.2, -0.15) is 0 Å². The minimum absolute atomic E-state index is 0.731. The molecule has 17 heavy (non-hydrogen) atoms. The second-order valence-electron chi connectivity index (χ2n) is 4.30. The zero-order valence-corrected chi connectivity index (χ0v) is 11.0. The van der Waals surface area contributed by atoms with E-state index in [1.54, 1.807) is 0 Å². The van der Waals surface area contributed by atoms with E-state index < -0.39 is 0 Å². The van der Waals surface area contributed by atoms with E-state index in [-0.39, 0.29) is 0 Å². The lowest BCUT2D eigenvalue weighted by Crippen LogP contribution is -1.88. The van der Waals surface area contributed by atoms with Gasteiger partial charge in [0, 0.05) is 6.21 Å². The van der Waals surface area contributed by atoms with Crippen LogP contribution in [0.15, 0.2) is 53.1 Å². The van der Waals surface area contributed by atoms with Crippen LogP contribution in [-0.2, 0) is 6.54 Å². The lowest BCUT2D eigenvalue weighted by atomic mass is 10.1. The van der Waals surface area contributed by atoms with Crippen LogP contribution in [0.25, 0.3) is 0 Å². The van der Waals surface area contributed by atoms with Crippen LogP contribution in [0.3, 0.4) is 0 Å². The topological polar surface area (TPSA) is 12.4 Å². The fourth-order valence-electron chi connectivity index (χ4n) is 1.50. The van der Waals surface area contributed by atoms with E-state index in [1.807, 2.05) is 13.1 Å². The summed E-state index contributed by atoms with van der Waals surface area (Å²) < 4.78 is 0. The first kappa shape index (κ1) is 13.4. The number of rotatable bonds is 5. The summed E-state index contributed by atoms with van der Waals surface area (Å²) in [5, 5.41) is 0. The molecule has 0 saturated carbocycles. The number of nitrogens with zero attached hydrogens (tertiary/aromatic N) is 1. The summed E-state index contributed by atoms with van der Waals surface area (Å²) in [5.74, 6) is 0. The van der Waals surface area contributed by atoms with Gasteiger partial charge in [-0.05, 0) is 37.0 Å². The molecule has 0 bridgehead atoms. The molecule has 0 amide bonds. The zero-order chi connectivity index (χ0) is 12.7. The lowest BCUT2D eigenvalue weighted by molar-refractivity contribution is 1.07. The number of aliphatic imine (C=N–C) groups is 1. The van der Waals surface area contributed by atoms with Crippen molar-refractivity contribution < 1.29 is 0 Å². The summed E-state index contributed by atoms with van der Waals surface area (Å²) in [7, 11) is 0. The maximum atomic E-state index is 4.46. The van der Waals surface area contributed by atoms with Crippen LogP contribution in [0.2, 0.25) is 0 Å². The molecule has 1 aromatic carbocycles. The van der Waals surface area contributed by atoms with Gasteiger partial charge >= 0.3 is 0 Å². The largest absolute Gasteiger partial charge is 0.288 e. The van der Waals surface area contributed by atoms with Gasteiger partial charge in [-0.15, -0.1) is 0 Å². The molecule has 0 N–H and O–H groups in total. The van der Waals surface area contributed by atoms with Crippen molar-refractivity contribution in [2.24, 2.45) is 4.99 Å². The quantitative estimate of drug-likeness (QED) is 0.519. The fraction of sp³-hybridized carbons (Fsp3) is 0.312. The molecule has 90 valence electrons. The Morgan fingerprint density at radius 1 is 1.29 bits per heavy atom. The van der Waals surface area contributed by atoms with Crippen LogP contribution < -0.4 is 0 Å². The average molecular weight is 227 g/mol. The summed E-state index contributed by atoms with van der Waals surface area (Å²) in [5.41, 5.74) is 4.73. The van der Waals surface area contributed by atoms with Crippen molar-refractivity contribution in [2.45, 2.75) is 33.7 Å². The van der Waals surface area contributed by atoms with Gasteiger partial charge in [-0.25, -0.2) is 0 Å². The molecule has 0 atom stereocenters. The molecular formula is C16H21N. The lowest BCUT2D eigenvalue weighted by Gasteiger charge is -2.00. The number of allylic oxidation sites excluding steroid dienone is 3. The summed E-state index contributed by atoms with van der Waals surface area (Å²) in [4.78, 5) is 4.46. The van der Waals surface area contributed by atoms with Crippen LogP contribution in [0.5, 0.6) is 0 Å². The molecule has 0 saturated heterocycles. The van der Waals surface area contributed by atoms with Gasteiger partial charge in [0.05, 0.1) is 6.54 Å². The molecule has 0 unspecified atom stereocenters. The van der Waals surface area contributed by atoms with Gasteiger partial charge in [0.2, 0.25) is 0 Å². The first-order valence-corrected chi connectivity index (χ1v) is 6.05. The predicted molar refractivity (Wildman–Crippen MR) is 76.6 cm³/mol. The molecule has 0 aromatic heterocycles. The van der Waals surface area contributed by atoms with Gasteiger partial charge in [-0.3, -0.25) is 4.99 Å². The monoisotopic (exact) mass is 227 g/mol. The third-order valence-corrected chi connectivity index (χ3v) is 2.54. The molecule has 0 radical (unpaired) electrons. The summed E-state index contributed by atoms with van der Waals surface area (Å²) in [6, 6.07) is 8.48. The van der Waals surface area contributed by atoms with Crippen molar-refractivity contribution in [1.29, 1.82) is 0 Å². The fourth-order valence-corrected chi connectivity index (χ4v) is 1.50. The summed E-state index contributed by atoms with van der Waals surface area (Å²) in [6.45, 7) is 10.9. The molecule has 0 heterocycles. The first-order valence-electron chi connectivity index (χ1n) is 6.05. The van der Waals surface area contributed by atoms with Crippen molar-refractivity contribution in [1.82, 2.24) is 0 Å². The van der Waals surface area contributed by atoms with E-state index >= 15 is 0 Å². The average Bonchev–Trinajstić information content (AvgIpc) is 2.30. The van der Waals surface area contributed by atoms with Gasteiger partial charge in [0.15, 0.2) is 0 Å². The van der Waals surface area contributed by atoms with E-state index in [1.165, 1.54) is 11.1 Å². The van der Waals surface area contributed by atoms with Crippen molar-refractivity contribution in [2.75, 3.05) is 0 Å². The minimum atomic E-state index is 0.731. The van der Waals surface area contributed by atoms with Crippen molar-refractivity contribution in [3.8, 4) is 0 Å². The molecule has 0 aliphatic carbocycles. The van der Waals surface area contributed by atoms with Gasteiger partial charge in [0.1, 0.15) is 0 Å². The Morgan fingerprint density at radius 3 is 2.47 bits per heavy atom. The zero-order valence-electron chi connectivity index (χ0n) is 11.0. The third-order valence-electron chi connectivity index (χ3n) is 2.54. The Bertz CT molecular complexity index is 421. The third kappa shape index (κ3) is 4.81.